The number of hydrogen-bond acceptors (Lipinski definition) is 3. The van der Waals surface area contributed by atoms with Gasteiger partial charge in [-0.05, 0) is 49.7 Å². The van der Waals surface area contributed by atoms with E-state index in [1.54, 1.807) is 11.8 Å². The van der Waals surface area contributed by atoms with Gasteiger partial charge in [0.15, 0.2) is 0 Å². The smallest absolute Gasteiger partial charge is 0.318 e. The molecule has 1 aliphatic heterocycles. The van der Waals surface area contributed by atoms with E-state index in [9.17, 15) is 9.59 Å². The van der Waals surface area contributed by atoms with Crippen LogP contribution in [-0.4, -0.2) is 55.6 Å². The number of allylic oxidation sites excluding steroid dienone is 2. The van der Waals surface area contributed by atoms with Crippen molar-refractivity contribution in [2.24, 2.45) is 17.8 Å². The summed E-state index contributed by atoms with van der Waals surface area (Å²) in [6.45, 7) is 5.39. The molecule has 0 radical (unpaired) electrons. The zero-order valence-electron chi connectivity index (χ0n) is 16.5. The summed E-state index contributed by atoms with van der Waals surface area (Å²) in [7, 11) is 0. The van der Waals surface area contributed by atoms with Crippen molar-refractivity contribution >= 4 is 17.6 Å². The average molecular weight is 383 g/mol. The topological polar surface area (TPSA) is 64.7 Å². The second kappa shape index (κ2) is 8.25. The Hall–Kier alpha value is -2.50. The van der Waals surface area contributed by atoms with Gasteiger partial charge in [0.1, 0.15) is 6.04 Å². The van der Waals surface area contributed by atoms with Crippen LogP contribution in [0.15, 0.2) is 42.5 Å². The number of nitrogens with one attached hydrogen (secondary N) is 2. The number of fused-ring (bicyclic) bond motifs is 2. The fraction of sp³-hybridized carbons (Fsp3) is 0.545. The van der Waals surface area contributed by atoms with Gasteiger partial charge in [0, 0.05) is 38.4 Å². The quantitative estimate of drug-likeness (QED) is 0.768. The van der Waals surface area contributed by atoms with Crippen LogP contribution in [0.25, 0.3) is 0 Å². The van der Waals surface area contributed by atoms with Crippen molar-refractivity contribution in [3.05, 3.63) is 42.5 Å². The number of carbonyl (C=O) groups excluding carboxylic acids is 2. The van der Waals surface area contributed by atoms with Crippen molar-refractivity contribution in [2.75, 3.05) is 37.6 Å². The highest BCUT2D eigenvalue weighted by Crippen LogP contribution is 2.42. The summed E-state index contributed by atoms with van der Waals surface area (Å²) in [5.41, 5.74) is 1.19. The molecule has 1 saturated carbocycles. The predicted molar refractivity (Wildman–Crippen MR) is 110 cm³/mol. The summed E-state index contributed by atoms with van der Waals surface area (Å²) in [4.78, 5) is 29.0. The van der Waals surface area contributed by atoms with Gasteiger partial charge in [-0.25, -0.2) is 4.79 Å². The van der Waals surface area contributed by atoms with E-state index >= 15 is 0 Å². The number of hydrogen-bond donors (Lipinski definition) is 2. The first-order chi connectivity index (χ1) is 13.6. The summed E-state index contributed by atoms with van der Waals surface area (Å²) in [5, 5.41) is 5.89. The van der Waals surface area contributed by atoms with Gasteiger partial charge in [-0.1, -0.05) is 30.4 Å². The summed E-state index contributed by atoms with van der Waals surface area (Å²) >= 11 is 0. The Balaban J connectivity index is 1.19. The maximum absolute atomic E-state index is 12.5. The number of urea groups is 1. The van der Waals surface area contributed by atoms with E-state index in [1.807, 2.05) is 18.2 Å². The molecule has 2 aliphatic carbocycles. The molecular formula is C22H30N4O2. The molecule has 4 rings (SSSR count). The van der Waals surface area contributed by atoms with Gasteiger partial charge in [0.05, 0.1) is 0 Å². The van der Waals surface area contributed by atoms with Crippen LogP contribution >= 0.6 is 0 Å². The molecule has 6 heteroatoms. The normalized spacial score (nSPS) is 27.0. The van der Waals surface area contributed by atoms with E-state index in [0.29, 0.717) is 37.4 Å². The van der Waals surface area contributed by atoms with E-state index in [4.69, 9.17) is 0 Å². The Morgan fingerprint density at radius 2 is 1.82 bits per heavy atom. The molecule has 2 bridgehead atoms. The van der Waals surface area contributed by atoms with Crippen LogP contribution in [0.4, 0.5) is 10.5 Å². The minimum Gasteiger partial charge on any atom is -0.368 e. The van der Waals surface area contributed by atoms with Gasteiger partial charge in [-0.15, -0.1) is 0 Å². The number of anilines is 1. The Labute approximate surface area is 167 Å². The maximum Gasteiger partial charge on any atom is 0.318 e. The second-order valence-electron chi connectivity index (χ2n) is 8.27. The Morgan fingerprint density at radius 1 is 1.07 bits per heavy atom. The summed E-state index contributed by atoms with van der Waals surface area (Å²) < 4.78 is 0. The molecule has 0 spiro atoms. The minimum absolute atomic E-state index is 0.0944. The number of piperazine rings is 1. The van der Waals surface area contributed by atoms with Crippen molar-refractivity contribution in [2.45, 2.75) is 25.8 Å². The van der Waals surface area contributed by atoms with Crippen molar-refractivity contribution in [3.8, 4) is 0 Å². The molecule has 2 N–H and O–H groups in total. The first-order valence-electron chi connectivity index (χ1n) is 10.4. The average Bonchev–Trinajstić information content (AvgIpc) is 3.36. The molecule has 1 saturated heterocycles. The Bertz CT molecular complexity index is 727. The van der Waals surface area contributed by atoms with Crippen LogP contribution in [0, 0.1) is 17.8 Å². The Morgan fingerprint density at radius 3 is 2.46 bits per heavy atom. The molecule has 1 aromatic carbocycles. The van der Waals surface area contributed by atoms with E-state index in [2.05, 4.69) is 39.8 Å². The van der Waals surface area contributed by atoms with Gasteiger partial charge in [-0.3, -0.25) is 4.79 Å². The minimum atomic E-state index is -0.520. The molecule has 2 fully saturated rings. The maximum atomic E-state index is 12.5. The third kappa shape index (κ3) is 4.16. The molecule has 0 aromatic heterocycles. The zero-order valence-corrected chi connectivity index (χ0v) is 16.5. The number of carbonyl (C=O) groups is 2. The summed E-state index contributed by atoms with van der Waals surface area (Å²) in [6.07, 6.45) is 7.02. The zero-order chi connectivity index (χ0) is 19.5. The first kappa shape index (κ1) is 18.8. The van der Waals surface area contributed by atoms with E-state index in [-0.39, 0.29) is 11.9 Å². The number of para-hydroxylation sites is 1. The summed E-state index contributed by atoms with van der Waals surface area (Å²) in [6, 6.07) is 9.58. The molecule has 150 valence electrons. The van der Waals surface area contributed by atoms with Crippen LogP contribution in [-0.2, 0) is 4.79 Å². The van der Waals surface area contributed by atoms with Gasteiger partial charge < -0.3 is 20.4 Å². The molecule has 1 heterocycles. The molecule has 6 nitrogen and oxygen atoms in total. The van der Waals surface area contributed by atoms with Gasteiger partial charge in [0.2, 0.25) is 5.91 Å². The van der Waals surface area contributed by atoms with Crippen LogP contribution < -0.4 is 15.5 Å². The first-order valence-corrected chi connectivity index (χ1v) is 10.4. The lowest BCUT2D eigenvalue weighted by atomic mass is 9.93. The van der Waals surface area contributed by atoms with Gasteiger partial charge in [-0.2, -0.15) is 0 Å². The molecule has 0 unspecified atom stereocenters. The fourth-order valence-corrected chi connectivity index (χ4v) is 4.66. The Kier molecular flexibility index (Phi) is 5.55. The predicted octanol–water partition coefficient (Wildman–Crippen LogP) is 2.24. The third-order valence-electron chi connectivity index (χ3n) is 6.38. The van der Waals surface area contributed by atoms with Gasteiger partial charge in [0.25, 0.3) is 0 Å². The van der Waals surface area contributed by atoms with E-state index in [1.165, 1.54) is 18.5 Å². The second-order valence-corrected chi connectivity index (χ2v) is 8.27. The highest BCUT2D eigenvalue weighted by Gasteiger charge is 2.35. The van der Waals surface area contributed by atoms with Crippen LogP contribution in [0.3, 0.4) is 0 Å². The number of benzene rings is 1. The third-order valence-corrected chi connectivity index (χ3v) is 6.38. The number of amides is 3. The van der Waals surface area contributed by atoms with Gasteiger partial charge >= 0.3 is 6.03 Å². The lowest BCUT2D eigenvalue weighted by Gasteiger charge is -2.36. The largest absolute Gasteiger partial charge is 0.368 e. The number of nitrogens with zero attached hydrogens (tertiary/aromatic N) is 2. The van der Waals surface area contributed by atoms with E-state index < -0.39 is 6.04 Å². The number of rotatable bonds is 5. The molecule has 3 aliphatic rings. The molecule has 1 aromatic rings. The van der Waals surface area contributed by atoms with Crippen molar-refractivity contribution in [3.63, 3.8) is 0 Å². The molecule has 28 heavy (non-hydrogen) atoms. The highest BCUT2D eigenvalue weighted by atomic mass is 16.2. The molecular weight excluding hydrogens is 352 g/mol. The standard InChI is InChI=1S/C22H30N4O2/c1-16(21(27)23-15-19-14-17-7-8-18(19)13-17)24-22(28)26-11-9-25(10-12-26)20-5-3-2-4-6-20/h2-8,16-19H,9-15H2,1H3,(H,23,27)(H,24,28)/t16-,17+,18+,19+/m1/s1. The highest BCUT2D eigenvalue weighted by molar-refractivity contribution is 5.86. The van der Waals surface area contributed by atoms with Crippen molar-refractivity contribution < 1.29 is 9.59 Å². The van der Waals surface area contributed by atoms with E-state index in [0.717, 1.165) is 13.1 Å². The fourth-order valence-electron chi connectivity index (χ4n) is 4.66. The van der Waals surface area contributed by atoms with Crippen molar-refractivity contribution in [1.29, 1.82) is 0 Å². The van der Waals surface area contributed by atoms with Crippen LogP contribution in [0.1, 0.15) is 19.8 Å². The molecule has 4 atom stereocenters. The SMILES string of the molecule is C[C@@H](NC(=O)N1CCN(c2ccccc2)CC1)C(=O)NC[C@@H]1C[C@H]2C=C[C@H]1C2. The van der Waals surface area contributed by atoms with Crippen LogP contribution in [0.2, 0.25) is 0 Å². The lowest BCUT2D eigenvalue weighted by molar-refractivity contribution is -0.122. The monoisotopic (exact) mass is 382 g/mol. The lowest BCUT2D eigenvalue weighted by Crippen LogP contribution is -2.55. The van der Waals surface area contributed by atoms with Crippen LogP contribution in [0.5, 0.6) is 0 Å². The molecule has 3 amide bonds. The summed E-state index contributed by atoms with van der Waals surface area (Å²) in [5.74, 6) is 1.78. The van der Waals surface area contributed by atoms with Crippen molar-refractivity contribution in [1.82, 2.24) is 15.5 Å².